The lowest BCUT2D eigenvalue weighted by atomic mass is 9.62. The molecule has 2 aliphatic rings. The second-order valence-electron chi connectivity index (χ2n) is 11.8. The van der Waals surface area contributed by atoms with Gasteiger partial charge in [0.1, 0.15) is 11.2 Å². The molecule has 0 unspecified atom stereocenters. The van der Waals surface area contributed by atoms with Crippen molar-refractivity contribution in [1.82, 2.24) is 10.6 Å². The number of benzene rings is 2. The largest absolute Gasteiger partial charge is 0.394 e. The Bertz CT molecular complexity index is 1240. The number of rotatable bonds is 9. The molecule has 0 radical (unpaired) electrons. The SMILES string of the molecule is CC(C)(C)C[C@H]1N[C@@H](C(=O)NCCCC[C@@H](O)CO)[C@H](c2cccc(Cl)c2)[C@@]12C(=O)Nc1cc(Cl)c(F)cc12. The first kappa shape index (κ1) is 29.7. The highest BCUT2D eigenvalue weighted by Crippen LogP contribution is 2.57. The molecule has 212 valence electrons. The fraction of sp³-hybridized carbons (Fsp3) is 0.517. The Labute approximate surface area is 238 Å². The van der Waals surface area contributed by atoms with E-state index in [0.29, 0.717) is 54.1 Å². The maximum absolute atomic E-state index is 14.9. The number of fused-ring (bicyclic) bond motifs is 2. The topological polar surface area (TPSA) is 111 Å². The minimum Gasteiger partial charge on any atom is -0.394 e. The fourth-order valence-corrected chi connectivity index (χ4v) is 6.41. The first-order valence-electron chi connectivity index (χ1n) is 13.3. The summed E-state index contributed by atoms with van der Waals surface area (Å²) in [5, 5.41) is 28.3. The Morgan fingerprint density at radius 2 is 1.95 bits per heavy atom. The van der Waals surface area contributed by atoms with E-state index >= 15 is 0 Å². The van der Waals surface area contributed by atoms with E-state index in [1.165, 1.54) is 12.1 Å². The van der Waals surface area contributed by atoms with Gasteiger partial charge in [-0.05, 0) is 66.5 Å². The van der Waals surface area contributed by atoms with Crippen molar-refractivity contribution in [2.75, 3.05) is 18.5 Å². The molecule has 2 aromatic carbocycles. The van der Waals surface area contributed by atoms with Crippen LogP contribution in [0.15, 0.2) is 36.4 Å². The number of aliphatic hydroxyl groups excluding tert-OH is 2. The molecule has 2 aromatic rings. The molecule has 7 nitrogen and oxygen atoms in total. The third-order valence-corrected chi connectivity index (χ3v) is 8.19. The molecule has 1 spiro atoms. The number of aliphatic hydroxyl groups is 2. The van der Waals surface area contributed by atoms with Crippen LogP contribution in [0.4, 0.5) is 10.1 Å². The monoisotopic (exact) mass is 579 g/mol. The Kier molecular flexibility index (Phi) is 8.93. The summed E-state index contributed by atoms with van der Waals surface area (Å²) in [7, 11) is 0. The van der Waals surface area contributed by atoms with Crippen molar-refractivity contribution < 1.29 is 24.2 Å². The third-order valence-electron chi connectivity index (χ3n) is 7.67. The number of amides is 2. The van der Waals surface area contributed by atoms with E-state index in [2.05, 4.69) is 36.7 Å². The van der Waals surface area contributed by atoms with Crippen molar-refractivity contribution in [2.45, 2.75) is 76.0 Å². The summed E-state index contributed by atoms with van der Waals surface area (Å²) in [6.07, 6.45) is 1.42. The van der Waals surface area contributed by atoms with Crippen LogP contribution in [0.25, 0.3) is 0 Å². The summed E-state index contributed by atoms with van der Waals surface area (Å²) in [4.78, 5) is 27.8. The summed E-state index contributed by atoms with van der Waals surface area (Å²) >= 11 is 12.5. The van der Waals surface area contributed by atoms with Gasteiger partial charge in [-0.15, -0.1) is 0 Å². The molecule has 2 amide bonds. The molecule has 2 heterocycles. The van der Waals surface area contributed by atoms with Gasteiger partial charge in [0.05, 0.1) is 23.8 Å². The van der Waals surface area contributed by atoms with Crippen LogP contribution >= 0.6 is 23.2 Å². The van der Waals surface area contributed by atoms with Crippen LogP contribution < -0.4 is 16.0 Å². The van der Waals surface area contributed by atoms with Gasteiger partial charge in [-0.3, -0.25) is 9.59 Å². The van der Waals surface area contributed by atoms with E-state index in [4.69, 9.17) is 28.3 Å². The maximum atomic E-state index is 14.9. The fourth-order valence-electron chi connectivity index (χ4n) is 6.05. The van der Waals surface area contributed by atoms with Crippen LogP contribution in [-0.4, -0.2) is 53.4 Å². The summed E-state index contributed by atoms with van der Waals surface area (Å²) in [6.45, 7) is 6.23. The summed E-state index contributed by atoms with van der Waals surface area (Å²) in [5.41, 5.74) is 0.0654. The second-order valence-corrected chi connectivity index (χ2v) is 12.6. The molecule has 5 atom stereocenters. The Hall–Kier alpha value is -2.23. The van der Waals surface area contributed by atoms with Crippen LogP contribution in [0.5, 0.6) is 0 Å². The van der Waals surface area contributed by atoms with Gasteiger partial charge in [-0.25, -0.2) is 4.39 Å². The molecular weight excluding hydrogens is 544 g/mol. The van der Waals surface area contributed by atoms with Crippen LogP contribution in [0.2, 0.25) is 10.0 Å². The summed E-state index contributed by atoms with van der Waals surface area (Å²) in [5.74, 6) is -1.93. The summed E-state index contributed by atoms with van der Waals surface area (Å²) in [6, 6.07) is 8.53. The normalized spacial score (nSPS) is 25.0. The highest BCUT2D eigenvalue weighted by molar-refractivity contribution is 6.31. The van der Waals surface area contributed by atoms with E-state index in [1.807, 2.05) is 6.07 Å². The molecule has 5 N–H and O–H groups in total. The molecular formula is C29H36Cl2FN3O4. The standard InChI is InChI=1S/C29H36Cl2FN3O4/c1-28(2,3)14-23-29(19-12-21(32)20(31)13-22(19)34-27(29)39)24(16-7-6-8-17(30)11-16)25(35-23)26(38)33-10-5-4-9-18(37)15-36/h6-8,11-13,18,23-25,35-37H,4-5,9-10,14-15H2,1-3H3,(H,33,38)(H,34,39)/t18-,23-,24+,25-,29+/m1/s1. The number of anilines is 1. The quantitative estimate of drug-likeness (QED) is 0.280. The van der Waals surface area contributed by atoms with Crippen molar-refractivity contribution in [1.29, 1.82) is 0 Å². The minimum absolute atomic E-state index is 0.0932. The molecule has 0 bridgehead atoms. The van der Waals surface area contributed by atoms with Crippen LogP contribution in [0.1, 0.15) is 63.5 Å². The van der Waals surface area contributed by atoms with E-state index in [0.717, 1.165) is 0 Å². The van der Waals surface area contributed by atoms with E-state index < -0.39 is 35.3 Å². The number of hydrogen-bond donors (Lipinski definition) is 5. The number of halogens is 3. The Morgan fingerprint density at radius 1 is 1.21 bits per heavy atom. The van der Waals surface area contributed by atoms with Crippen molar-refractivity contribution in [3.8, 4) is 0 Å². The minimum atomic E-state index is -1.30. The zero-order valence-corrected chi connectivity index (χ0v) is 23.9. The number of hydrogen-bond acceptors (Lipinski definition) is 5. The van der Waals surface area contributed by atoms with Crippen molar-refractivity contribution in [3.05, 3.63) is 63.4 Å². The predicted octanol–water partition coefficient (Wildman–Crippen LogP) is 4.52. The average molecular weight is 581 g/mol. The zero-order chi connectivity index (χ0) is 28.5. The van der Waals surface area contributed by atoms with Crippen LogP contribution in [-0.2, 0) is 15.0 Å². The molecule has 0 aliphatic carbocycles. The maximum Gasteiger partial charge on any atom is 0.237 e. The van der Waals surface area contributed by atoms with Crippen molar-refractivity contribution in [3.63, 3.8) is 0 Å². The average Bonchev–Trinajstić information content (AvgIpc) is 3.33. The highest BCUT2D eigenvalue weighted by Gasteiger charge is 2.65. The smallest absolute Gasteiger partial charge is 0.237 e. The van der Waals surface area contributed by atoms with Gasteiger partial charge in [-0.2, -0.15) is 0 Å². The van der Waals surface area contributed by atoms with Crippen molar-refractivity contribution in [2.24, 2.45) is 5.41 Å². The molecule has 0 saturated carbocycles. The van der Waals surface area contributed by atoms with Crippen LogP contribution in [0.3, 0.4) is 0 Å². The van der Waals surface area contributed by atoms with Gasteiger partial charge in [-0.1, -0.05) is 56.1 Å². The first-order chi connectivity index (χ1) is 18.4. The van der Waals surface area contributed by atoms with Gasteiger partial charge < -0.3 is 26.2 Å². The molecule has 1 fully saturated rings. The number of carbonyl (C=O) groups is 2. The molecule has 0 aromatic heterocycles. The van der Waals surface area contributed by atoms with E-state index in [9.17, 15) is 19.1 Å². The molecule has 10 heteroatoms. The Morgan fingerprint density at radius 3 is 2.62 bits per heavy atom. The predicted molar refractivity (Wildman–Crippen MR) is 151 cm³/mol. The lowest BCUT2D eigenvalue weighted by molar-refractivity contribution is -0.123. The Balaban J connectivity index is 1.78. The molecule has 2 aliphatic heterocycles. The van der Waals surface area contributed by atoms with Gasteiger partial charge in [0, 0.05) is 29.2 Å². The van der Waals surface area contributed by atoms with E-state index in [-0.39, 0.29) is 28.9 Å². The first-order valence-corrected chi connectivity index (χ1v) is 14.0. The van der Waals surface area contributed by atoms with Gasteiger partial charge in [0.2, 0.25) is 11.8 Å². The number of nitrogens with one attached hydrogen (secondary N) is 3. The number of carbonyl (C=O) groups excluding carboxylic acids is 2. The second kappa shape index (κ2) is 11.7. The van der Waals surface area contributed by atoms with Gasteiger partial charge in [0.25, 0.3) is 0 Å². The summed E-state index contributed by atoms with van der Waals surface area (Å²) < 4.78 is 14.9. The lowest BCUT2D eigenvalue weighted by Crippen LogP contribution is -2.49. The highest BCUT2D eigenvalue weighted by atomic mass is 35.5. The van der Waals surface area contributed by atoms with Crippen LogP contribution in [0, 0.1) is 11.2 Å². The van der Waals surface area contributed by atoms with E-state index in [1.54, 1.807) is 18.2 Å². The zero-order valence-electron chi connectivity index (χ0n) is 22.4. The molecule has 1 saturated heterocycles. The van der Waals surface area contributed by atoms with Crippen molar-refractivity contribution >= 4 is 40.7 Å². The lowest BCUT2D eigenvalue weighted by Gasteiger charge is -2.37. The van der Waals surface area contributed by atoms with Gasteiger partial charge in [0.15, 0.2) is 0 Å². The molecule has 39 heavy (non-hydrogen) atoms. The third kappa shape index (κ3) is 5.95. The molecule has 4 rings (SSSR count). The number of unbranched alkanes of at least 4 members (excludes halogenated alkanes) is 1. The van der Waals surface area contributed by atoms with Gasteiger partial charge >= 0.3 is 0 Å².